The van der Waals surface area contributed by atoms with Crippen molar-refractivity contribution in [1.82, 2.24) is 4.84 Å². The summed E-state index contributed by atoms with van der Waals surface area (Å²) in [7, 11) is 0. The van der Waals surface area contributed by atoms with Crippen molar-refractivity contribution in [1.29, 1.82) is 0 Å². The molecule has 0 heterocycles. The summed E-state index contributed by atoms with van der Waals surface area (Å²) in [6.45, 7) is 5.51. The highest BCUT2D eigenvalue weighted by molar-refractivity contribution is 6.32. The molecule has 0 spiro atoms. The molecule has 0 atom stereocenters. The Labute approximate surface area is 94.4 Å². The van der Waals surface area contributed by atoms with Crippen molar-refractivity contribution in [2.45, 2.75) is 6.92 Å². The van der Waals surface area contributed by atoms with Crippen LogP contribution in [0.25, 0.3) is 5.57 Å². The molecule has 1 N–H and O–H groups in total. The van der Waals surface area contributed by atoms with Gasteiger partial charge in [0.1, 0.15) is 0 Å². The van der Waals surface area contributed by atoms with Crippen molar-refractivity contribution in [3.05, 3.63) is 54.1 Å². The van der Waals surface area contributed by atoms with Gasteiger partial charge in [-0.25, -0.2) is 0 Å². The number of carbonyl (C=O) groups is 1. The van der Waals surface area contributed by atoms with Gasteiger partial charge in [-0.3, -0.25) is 9.63 Å². The molecule has 0 saturated heterocycles. The second kappa shape index (κ2) is 5.37. The van der Waals surface area contributed by atoms with Crippen molar-refractivity contribution >= 4 is 23.3 Å². The topological polar surface area (TPSA) is 29.1 Å². The Morgan fingerprint density at radius 2 is 2.13 bits per heavy atom. The lowest BCUT2D eigenvalue weighted by Gasteiger charge is -2.07. The number of amides is 1. The number of hydrogen-bond acceptors (Lipinski definition) is 1. The van der Waals surface area contributed by atoms with Crippen LogP contribution in [0.4, 0.5) is 0 Å². The quantitative estimate of drug-likeness (QED) is 0.475. The first-order valence-corrected chi connectivity index (χ1v) is 4.88. The van der Waals surface area contributed by atoms with E-state index in [1.807, 2.05) is 31.2 Å². The van der Waals surface area contributed by atoms with Crippen LogP contribution in [-0.4, -0.2) is 5.91 Å². The molecule has 0 saturated carbocycles. The molecule has 78 valence electrons. The Morgan fingerprint density at radius 1 is 1.47 bits per heavy atom. The first kappa shape index (κ1) is 11.5. The molecule has 0 bridgehead atoms. The normalized spacial score (nSPS) is 10.9. The third-order valence-electron chi connectivity index (χ3n) is 2.05. The molecule has 1 aromatic carbocycles. The minimum absolute atomic E-state index is 0.328. The molecule has 0 fully saturated rings. The van der Waals surface area contributed by atoms with E-state index in [2.05, 4.69) is 11.4 Å². The van der Waals surface area contributed by atoms with Crippen molar-refractivity contribution in [2.75, 3.05) is 0 Å². The molecule has 2 nitrogen and oxygen atoms in total. The highest BCUT2D eigenvalue weighted by atomic mass is 35.5. The number of carbonyl (C=O) groups excluding carboxylic acids is 1. The van der Waals surface area contributed by atoms with Gasteiger partial charge in [0.25, 0.3) is 5.91 Å². The Bertz CT molecular complexity index is 410. The summed E-state index contributed by atoms with van der Waals surface area (Å²) in [5.41, 5.74) is 2.39. The van der Waals surface area contributed by atoms with Gasteiger partial charge in [-0.15, -0.1) is 0 Å². The van der Waals surface area contributed by atoms with Gasteiger partial charge in [-0.1, -0.05) is 36.9 Å². The van der Waals surface area contributed by atoms with Crippen LogP contribution in [0.15, 0.2) is 43.0 Å². The maximum absolute atomic E-state index is 11.5. The van der Waals surface area contributed by atoms with Crippen LogP contribution < -0.4 is 4.84 Å². The Morgan fingerprint density at radius 3 is 2.67 bits per heavy atom. The minimum Gasteiger partial charge on any atom is -0.268 e. The third-order valence-corrected chi connectivity index (χ3v) is 2.22. The van der Waals surface area contributed by atoms with E-state index in [1.54, 1.807) is 12.2 Å². The van der Waals surface area contributed by atoms with E-state index < -0.39 is 0 Å². The molecule has 1 rings (SSSR count). The van der Waals surface area contributed by atoms with Crippen molar-refractivity contribution in [3.8, 4) is 0 Å². The van der Waals surface area contributed by atoms with E-state index in [4.69, 9.17) is 11.8 Å². The number of allylic oxidation sites excluding steroid dienone is 2. The maximum Gasteiger partial charge on any atom is 0.266 e. The number of aryl methyl sites for hydroxylation is 1. The van der Waals surface area contributed by atoms with Gasteiger partial charge < -0.3 is 0 Å². The summed E-state index contributed by atoms with van der Waals surface area (Å²) in [4.78, 5) is 13.6. The van der Waals surface area contributed by atoms with E-state index in [-0.39, 0.29) is 5.91 Å². The fourth-order valence-electron chi connectivity index (χ4n) is 1.33. The number of benzene rings is 1. The fourth-order valence-corrected chi connectivity index (χ4v) is 1.43. The first-order chi connectivity index (χ1) is 7.20. The molecule has 0 aliphatic carbocycles. The molecular weight excluding hydrogens is 210 g/mol. The van der Waals surface area contributed by atoms with E-state index in [0.717, 1.165) is 11.1 Å². The highest BCUT2D eigenvalue weighted by Crippen LogP contribution is 2.19. The summed E-state index contributed by atoms with van der Waals surface area (Å²) < 4.78 is 0. The third kappa shape index (κ3) is 2.70. The van der Waals surface area contributed by atoms with Crippen molar-refractivity contribution in [2.24, 2.45) is 0 Å². The van der Waals surface area contributed by atoms with Gasteiger partial charge in [0.05, 0.1) is 0 Å². The molecule has 0 radical (unpaired) electrons. The molecule has 0 aromatic heterocycles. The summed E-state index contributed by atoms with van der Waals surface area (Å²) >= 11 is 5.31. The van der Waals surface area contributed by atoms with Gasteiger partial charge in [-0.2, -0.15) is 0 Å². The Kier molecular flexibility index (Phi) is 4.13. The van der Waals surface area contributed by atoms with E-state index >= 15 is 0 Å². The van der Waals surface area contributed by atoms with Crippen LogP contribution in [0, 0.1) is 6.92 Å². The van der Waals surface area contributed by atoms with Gasteiger partial charge >= 0.3 is 0 Å². The lowest BCUT2D eigenvalue weighted by Crippen LogP contribution is -2.14. The highest BCUT2D eigenvalue weighted by Gasteiger charge is 2.11. The van der Waals surface area contributed by atoms with Crippen LogP contribution in [0.1, 0.15) is 11.1 Å². The standard InChI is InChI=1S/C12H12ClNO/c1-3-6-11(12(15)14-13)10-8-5-4-7-9(10)2/h3-8H,1H2,2H3,(H,14,15)/b11-6+. The van der Waals surface area contributed by atoms with Crippen LogP contribution in [0.2, 0.25) is 0 Å². The van der Waals surface area contributed by atoms with Crippen molar-refractivity contribution in [3.63, 3.8) is 0 Å². The van der Waals surface area contributed by atoms with Crippen molar-refractivity contribution < 1.29 is 4.79 Å². The number of halogens is 1. The van der Waals surface area contributed by atoms with Gasteiger partial charge in [0.2, 0.25) is 0 Å². The Balaban J connectivity index is 3.22. The SMILES string of the molecule is C=C/C=C(/C(=O)NCl)c1ccccc1C. The van der Waals surface area contributed by atoms with Gasteiger partial charge in [0.15, 0.2) is 0 Å². The van der Waals surface area contributed by atoms with Gasteiger partial charge in [-0.05, 0) is 24.1 Å². The van der Waals surface area contributed by atoms with E-state index in [1.165, 1.54) is 0 Å². The molecule has 1 amide bonds. The smallest absolute Gasteiger partial charge is 0.266 e. The van der Waals surface area contributed by atoms with Gasteiger partial charge in [0, 0.05) is 17.3 Å². The summed E-state index contributed by atoms with van der Waals surface area (Å²) in [5.74, 6) is -0.328. The monoisotopic (exact) mass is 221 g/mol. The zero-order valence-electron chi connectivity index (χ0n) is 8.46. The average molecular weight is 222 g/mol. The summed E-state index contributed by atoms with van der Waals surface area (Å²) in [5, 5.41) is 0. The number of nitrogens with one attached hydrogen (secondary N) is 1. The number of hydrogen-bond donors (Lipinski definition) is 1. The lowest BCUT2D eigenvalue weighted by molar-refractivity contribution is -0.114. The molecule has 0 aliphatic rings. The van der Waals surface area contributed by atoms with E-state index in [9.17, 15) is 4.79 Å². The van der Waals surface area contributed by atoms with Crippen LogP contribution in [0.3, 0.4) is 0 Å². The predicted octanol–water partition coefficient (Wildman–Crippen LogP) is 2.83. The number of rotatable bonds is 3. The lowest BCUT2D eigenvalue weighted by atomic mass is 10.00. The van der Waals surface area contributed by atoms with Crippen LogP contribution in [0.5, 0.6) is 0 Å². The maximum atomic E-state index is 11.5. The van der Waals surface area contributed by atoms with Crippen LogP contribution in [-0.2, 0) is 4.79 Å². The minimum atomic E-state index is -0.328. The predicted molar refractivity (Wildman–Crippen MR) is 63.3 cm³/mol. The largest absolute Gasteiger partial charge is 0.268 e. The molecule has 15 heavy (non-hydrogen) atoms. The van der Waals surface area contributed by atoms with Crippen LogP contribution >= 0.6 is 11.8 Å². The second-order valence-corrected chi connectivity index (χ2v) is 3.24. The first-order valence-electron chi connectivity index (χ1n) is 4.50. The second-order valence-electron chi connectivity index (χ2n) is 3.05. The average Bonchev–Trinajstić information content (AvgIpc) is 2.26. The Hall–Kier alpha value is -1.54. The fraction of sp³-hybridized carbons (Fsp3) is 0.0833. The molecule has 0 unspecified atom stereocenters. The summed E-state index contributed by atoms with van der Waals surface area (Å²) in [6, 6.07) is 7.61. The zero-order chi connectivity index (χ0) is 11.3. The molecule has 1 aromatic rings. The molecular formula is C12H12ClNO. The zero-order valence-corrected chi connectivity index (χ0v) is 9.21. The molecule has 0 aliphatic heterocycles. The molecule has 3 heteroatoms. The summed E-state index contributed by atoms with van der Waals surface area (Å²) in [6.07, 6.45) is 3.20. The van der Waals surface area contributed by atoms with E-state index in [0.29, 0.717) is 5.57 Å².